The molecule has 0 amide bonds. The molecular weight excluding hydrogens is 527 g/mol. The van der Waals surface area contributed by atoms with Gasteiger partial charge in [0.05, 0.1) is 33.2 Å². The topological polar surface area (TPSA) is 133 Å². The highest BCUT2D eigenvalue weighted by Crippen LogP contribution is 2.36. The Hall–Kier alpha value is -2.44. The first-order valence-electron chi connectivity index (χ1n) is 11.6. The SMILES string of the molecule is CO[C@H]1O[C@H](CO)[C@@H](O)[C@H](O)[C@H]1OC(=O)c1cc(Cl)c(OCc2nc3ccccc3n2C(C)C)c(Cl)c1. The molecule has 0 aliphatic carbocycles. The molecule has 5 atom stereocenters. The zero-order chi connectivity index (χ0) is 26.9. The van der Waals surface area contributed by atoms with Gasteiger partial charge in [0.15, 0.2) is 18.1 Å². The van der Waals surface area contributed by atoms with Gasteiger partial charge < -0.3 is 38.8 Å². The number of aliphatic hydroxyl groups is 3. The highest BCUT2D eigenvalue weighted by Gasteiger charge is 2.47. The number of aromatic nitrogens is 2. The number of imidazole rings is 1. The van der Waals surface area contributed by atoms with Crippen molar-refractivity contribution in [1.29, 1.82) is 0 Å². The summed E-state index contributed by atoms with van der Waals surface area (Å²) in [5, 5.41) is 30.0. The van der Waals surface area contributed by atoms with Crippen LogP contribution in [0.3, 0.4) is 0 Å². The van der Waals surface area contributed by atoms with Crippen LogP contribution in [0, 0.1) is 0 Å². The van der Waals surface area contributed by atoms with Crippen molar-refractivity contribution in [3.8, 4) is 5.75 Å². The summed E-state index contributed by atoms with van der Waals surface area (Å²) in [7, 11) is 1.28. The fourth-order valence-electron chi connectivity index (χ4n) is 4.29. The summed E-state index contributed by atoms with van der Waals surface area (Å²) in [6.45, 7) is 3.62. The number of fused-ring (bicyclic) bond motifs is 1. The van der Waals surface area contributed by atoms with Gasteiger partial charge in [-0.25, -0.2) is 9.78 Å². The molecule has 1 aromatic heterocycles. The van der Waals surface area contributed by atoms with Gasteiger partial charge in [-0.1, -0.05) is 35.3 Å². The zero-order valence-electron chi connectivity index (χ0n) is 20.4. The Morgan fingerprint density at radius 3 is 2.46 bits per heavy atom. The normalized spacial score (nSPS) is 24.0. The second-order valence-corrected chi connectivity index (χ2v) is 9.66. The van der Waals surface area contributed by atoms with E-state index < -0.39 is 43.3 Å². The van der Waals surface area contributed by atoms with E-state index in [0.717, 1.165) is 11.0 Å². The quantitative estimate of drug-likeness (QED) is 0.359. The van der Waals surface area contributed by atoms with Crippen LogP contribution < -0.4 is 4.74 Å². The Bertz CT molecular complexity index is 1240. The number of benzene rings is 2. The number of methoxy groups -OCH3 is 1. The standard InChI is InChI=1S/C25H28Cl2N2O8/c1-12(2)29-17-7-5-4-6-16(17)28-19(29)11-35-22-14(26)8-13(9-15(22)27)24(33)37-23-21(32)20(31)18(10-30)36-25(23)34-3/h4-9,12,18,20-21,23,25,30-32H,10-11H2,1-3H3/t18-,20-,21+,23-,25+/m1/s1. The lowest BCUT2D eigenvalue weighted by Gasteiger charge is -2.40. The molecule has 37 heavy (non-hydrogen) atoms. The fraction of sp³-hybridized carbons (Fsp3) is 0.440. The lowest BCUT2D eigenvalue weighted by Crippen LogP contribution is -2.60. The Kier molecular flexibility index (Phi) is 8.59. The summed E-state index contributed by atoms with van der Waals surface area (Å²) in [5.41, 5.74) is 1.80. The summed E-state index contributed by atoms with van der Waals surface area (Å²) in [6.07, 6.45) is -6.74. The molecule has 0 radical (unpaired) electrons. The minimum Gasteiger partial charge on any atom is -0.483 e. The predicted molar refractivity (Wildman–Crippen MR) is 135 cm³/mol. The lowest BCUT2D eigenvalue weighted by molar-refractivity contribution is -0.293. The number of carbonyl (C=O) groups excluding carboxylic acids is 1. The van der Waals surface area contributed by atoms with Crippen LogP contribution in [0.2, 0.25) is 10.0 Å². The van der Waals surface area contributed by atoms with E-state index in [2.05, 4.69) is 9.55 Å². The van der Waals surface area contributed by atoms with Crippen molar-refractivity contribution in [2.75, 3.05) is 13.7 Å². The van der Waals surface area contributed by atoms with Gasteiger partial charge in [-0.15, -0.1) is 0 Å². The van der Waals surface area contributed by atoms with Crippen molar-refractivity contribution < 1.29 is 39.1 Å². The number of halogens is 2. The molecule has 3 N–H and O–H groups in total. The summed E-state index contributed by atoms with van der Waals surface area (Å²) < 4.78 is 23.8. The summed E-state index contributed by atoms with van der Waals surface area (Å²) in [6, 6.07) is 10.5. The second-order valence-electron chi connectivity index (χ2n) is 8.85. The molecule has 4 rings (SSSR count). The van der Waals surface area contributed by atoms with Gasteiger partial charge in [0.2, 0.25) is 0 Å². The average Bonchev–Trinajstić information content (AvgIpc) is 3.25. The van der Waals surface area contributed by atoms with Gasteiger partial charge in [-0.3, -0.25) is 0 Å². The molecule has 12 heteroatoms. The number of rotatable bonds is 8. The largest absolute Gasteiger partial charge is 0.483 e. The highest BCUT2D eigenvalue weighted by atomic mass is 35.5. The zero-order valence-corrected chi connectivity index (χ0v) is 21.9. The van der Waals surface area contributed by atoms with Crippen LogP contribution >= 0.6 is 23.2 Å². The minimum atomic E-state index is -1.56. The molecule has 0 bridgehead atoms. The first kappa shape index (κ1) is 27.6. The van der Waals surface area contributed by atoms with Crippen LogP contribution in [-0.2, 0) is 20.8 Å². The maximum atomic E-state index is 12.8. The molecule has 0 spiro atoms. The monoisotopic (exact) mass is 554 g/mol. The number of para-hydroxylation sites is 2. The third-order valence-corrected chi connectivity index (χ3v) is 6.63. The van der Waals surface area contributed by atoms with E-state index in [0.29, 0.717) is 5.82 Å². The van der Waals surface area contributed by atoms with E-state index in [4.69, 9.17) is 42.1 Å². The Morgan fingerprint density at radius 1 is 1.16 bits per heavy atom. The molecule has 1 aliphatic rings. The van der Waals surface area contributed by atoms with Gasteiger partial charge in [0.1, 0.15) is 30.7 Å². The number of esters is 1. The van der Waals surface area contributed by atoms with Crippen LogP contribution in [0.4, 0.5) is 0 Å². The first-order valence-corrected chi connectivity index (χ1v) is 12.4. The average molecular weight is 555 g/mol. The Labute approximate surface area is 223 Å². The van der Waals surface area contributed by atoms with Crippen molar-refractivity contribution in [3.63, 3.8) is 0 Å². The molecule has 2 aromatic carbocycles. The molecule has 1 saturated heterocycles. The van der Waals surface area contributed by atoms with Crippen molar-refractivity contribution in [3.05, 3.63) is 57.8 Å². The van der Waals surface area contributed by atoms with Crippen LogP contribution in [0.25, 0.3) is 11.0 Å². The number of aliphatic hydroxyl groups excluding tert-OH is 3. The molecule has 0 unspecified atom stereocenters. The predicted octanol–water partition coefficient (Wildman–Crippen LogP) is 3.11. The first-order chi connectivity index (χ1) is 17.7. The van der Waals surface area contributed by atoms with Crippen LogP contribution in [-0.4, -0.2) is 75.3 Å². The van der Waals surface area contributed by atoms with Gasteiger partial charge >= 0.3 is 5.97 Å². The molecule has 3 aromatic rings. The molecule has 0 saturated carbocycles. The third-order valence-electron chi connectivity index (χ3n) is 6.06. The van der Waals surface area contributed by atoms with Crippen LogP contribution in [0.5, 0.6) is 5.75 Å². The highest BCUT2D eigenvalue weighted by molar-refractivity contribution is 6.37. The Balaban J connectivity index is 1.51. The van der Waals surface area contributed by atoms with E-state index in [1.165, 1.54) is 19.2 Å². The summed E-state index contributed by atoms with van der Waals surface area (Å²) in [4.78, 5) is 17.5. The number of carbonyl (C=O) groups is 1. The number of nitrogens with zero attached hydrogens (tertiary/aromatic N) is 2. The van der Waals surface area contributed by atoms with Crippen LogP contribution in [0.15, 0.2) is 36.4 Å². The van der Waals surface area contributed by atoms with Crippen molar-refractivity contribution in [1.82, 2.24) is 9.55 Å². The number of ether oxygens (including phenoxy) is 4. The Morgan fingerprint density at radius 2 is 1.84 bits per heavy atom. The lowest BCUT2D eigenvalue weighted by atomic mass is 9.99. The smallest absolute Gasteiger partial charge is 0.338 e. The molecular formula is C25H28Cl2N2O8. The van der Waals surface area contributed by atoms with Gasteiger partial charge in [-0.05, 0) is 38.1 Å². The van der Waals surface area contributed by atoms with Crippen LogP contribution in [0.1, 0.15) is 36.1 Å². The number of hydrogen-bond acceptors (Lipinski definition) is 9. The van der Waals surface area contributed by atoms with E-state index in [9.17, 15) is 20.1 Å². The van der Waals surface area contributed by atoms with Crippen molar-refractivity contribution >= 4 is 40.2 Å². The summed E-state index contributed by atoms with van der Waals surface area (Å²) in [5.74, 6) is -0.0380. The molecule has 200 valence electrons. The fourth-order valence-corrected chi connectivity index (χ4v) is 4.88. The van der Waals surface area contributed by atoms with Crippen molar-refractivity contribution in [2.45, 2.75) is 57.2 Å². The van der Waals surface area contributed by atoms with E-state index >= 15 is 0 Å². The van der Waals surface area contributed by atoms with E-state index in [1.807, 2.05) is 38.1 Å². The van der Waals surface area contributed by atoms with E-state index in [1.54, 1.807) is 0 Å². The maximum Gasteiger partial charge on any atom is 0.338 e. The van der Waals surface area contributed by atoms with Gasteiger partial charge in [-0.2, -0.15) is 0 Å². The maximum absolute atomic E-state index is 12.8. The molecule has 1 aliphatic heterocycles. The molecule has 2 heterocycles. The second kappa shape index (κ2) is 11.5. The molecule has 10 nitrogen and oxygen atoms in total. The van der Waals surface area contributed by atoms with Crippen molar-refractivity contribution in [2.24, 2.45) is 0 Å². The minimum absolute atomic E-state index is 0.0161. The van der Waals surface area contributed by atoms with Gasteiger partial charge in [0.25, 0.3) is 0 Å². The third kappa shape index (κ3) is 5.56. The van der Waals surface area contributed by atoms with Gasteiger partial charge in [0, 0.05) is 13.2 Å². The molecule has 1 fully saturated rings. The summed E-state index contributed by atoms with van der Waals surface area (Å²) >= 11 is 12.8. The van der Waals surface area contributed by atoms with E-state index in [-0.39, 0.29) is 34.0 Å². The number of hydrogen-bond donors (Lipinski definition) is 3.